The van der Waals surface area contributed by atoms with Gasteiger partial charge in [-0.3, -0.25) is 4.79 Å². The monoisotopic (exact) mass is 392 g/mol. The summed E-state index contributed by atoms with van der Waals surface area (Å²) in [5.41, 5.74) is 0.582. The van der Waals surface area contributed by atoms with Crippen molar-refractivity contribution >= 4 is 27.5 Å². The molecule has 0 unspecified atom stereocenters. The highest BCUT2D eigenvalue weighted by atomic mass is 32.1. The Kier molecular flexibility index (Phi) is 5.98. The van der Waals surface area contributed by atoms with Gasteiger partial charge in [0.1, 0.15) is 11.6 Å². The largest absolute Gasteiger partial charge is 0.497 e. The standard InChI is InChI=1S/C19H18F2N2O3S/c1-3-26-9-8-23-17-15(21)10-13(20)11-16(17)27-19(23)22-18(24)12-4-6-14(25-2)7-5-12/h4-7,10-11H,3,8-9H2,1-2H3. The van der Waals surface area contributed by atoms with Crippen LogP contribution < -0.4 is 9.54 Å². The van der Waals surface area contributed by atoms with E-state index >= 15 is 0 Å². The second-order valence-corrected chi connectivity index (χ2v) is 6.62. The summed E-state index contributed by atoms with van der Waals surface area (Å²) in [4.78, 5) is 16.9. The van der Waals surface area contributed by atoms with E-state index in [0.717, 1.165) is 17.4 Å². The molecule has 0 spiro atoms. The molecule has 8 heteroatoms. The first-order valence-corrected chi connectivity index (χ1v) is 9.14. The van der Waals surface area contributed by atoms with Crippen molar-refractivity contribution in [2.75, 3.05) is 20.3 Å². The Bertz CT molecular complexity index is 1030. The lowest BCUT2D eigenvalue weighted by Crippen LogP contribution is -2.20. The summed E-state index contributed by atoms with van der Waals surface area (Å²) < 4.78 is 40.2. The third-order valence-electron chi connectivity index (χ3n) is 3.89. The molecule has 27 heavy (non-hydrogen) atoms. The van der Waals surface area contributed by atoms with Crippen LogP contribution in [0.25, 0.3) is 10.2 Å². The van der Waals surface area contributed by atoms with Crippen molar-refractivity contribution in [3.05, 3.63) is 58.4 Å². The van der Waals surface area contributed by atoms with Crippen LogP contribution in [0.4, 0.5) is 8.78 Å². The Morgan fingerprint density at radius 2 is 1.96 bits per heavy atom. The molecule has 5 nitrogen and oxygen atoms in total. The number of hydrogen-bond acceptors (Lipinski definition) is 4. The molecule has 1 heterocycles. The van der Waals surface area contributed by atoms with Gasteiger partial charge in [-0.2, -0.15) is 4.99 Å². The molecule has 0 radical (unpaired) electrons. The Balaban J connectivity index is 2.07. The van der Waals surface area contributed by atoms with Gasteiger partial charge in [0, 0.05) is 24.8 Å². The van der Waals surface area contributed by atoms with Crippen LogP contribution in [0.15, 0.2) is 41.4 Å². The van der Waals surface area contributed by atoms with E-state index in [4.69, 9.17) is 9.47 Å². The molecule has 3 aromatic rings. The molecule has 0 aliphatic carbocycles. The lowest BCUT2D eigenvalue weighted by atomic mass is 10.2. The number of carbonyl (C=O) groups excluding carboxylic acids is 1. The van der Waals surface area contributed by atoms with E-state index in [2.05, 4.69) is 4.99 Å². The van der Waals surface area contributed by atoms with Gasteiger partial charge in [0.25, 0.3) is 5.91 Å². The molecular weight excluding hydrogens is 374 g/mol. The lowest BCUT2D eigenvalue weighted by Gasteiger charge is -2.06. The SMILES string of the molecule is CCOCCn1c(=NC(=O)c2ccc(OC)cc2)sc2cc(F)cc(F)c21. The minimum Gasteiger partial charge on any atom is -0.497 e. The van der Waals surface area contributed by atoms with Gasteiger partial charge in [-0.1, -0.05) is 11.3 Å². The van der Waals surface area contributed by atoms with Crippen LogP contribution in [-0.2, 0) is 11.3 Å². The summed E-state index contributed by atoms with van der Waals surface area (Å²) in [6.07, 6.45) is 0. The molecule has 0 aliphatic heterocycles. The summed E-state index contributed by atoms with van der Waals surface area (Å²) in [7, 11) is 1.54. The second kappa shape index (κ2) is 8.41. The van der Waals surface area contributed by atoms with Gasteiger partial charge in [-0.15, -0.1) is 0 Å². The van der Waals surface area contributed by atoms with Crippen LogP contribution in [-0.4, -0.2) is 30.8 Å². The lowest BCUT2D eigenvalue weighted by molar-refractivity contribution is 0.0996. The van der Waals surface area contributed by atoms with Crippen molar-refractivity contribution in [1.82, 2.24) is 4.57 Å². The van der Waals surface area contributed by atoms with E-state index in [1.54, 1.807) is 28.8 Å². The number of thiazole rings is 1. The second-order valence-electron chi connectivity index (χ2n) is 5.61. The molecule has 0 saturated heterocycles. The van der Waals surface area contributed by atoms with Crippen LogP contribution in [0, 0.1) is 11.6 Å². The first kappa shape index (κ1) is 19.2. The van der Waals surface area contributed by atoms with Gasteiger partial charge in [-0.25, -0.2) is 8.78 Å². The molecule has 1 aromatic heterocycles. The fraction of sp³-hybridized carbons (Fsp3) is 0.263. The zero-order valence-corrected chi connectivity index (χ0v) is 15.7. The first-order chi connectivity index (χ1) is 13.0. The zero-order chi connectivity index (χ0) is 19.4. The number of methoxy groups -OCH3 is 1. The maximum atomic E-state index is 14.3. The summed E-state index contributed by atoms with van der Waals surface area (Å²) in [6.45, 7) is 2.98. The maximum Gasteiger partial charge on any atom is 0.279 e. The van der Waals surface area contributed by atoms with Crippen molar-refractivity contribution < 1.29 is 23.0 Å². The minimum absolute atomic E-state index is 0.211. The molecule has 0 aliphatic rings. The Hall–Kier alpha value is -2.58. The maximum absolute atomic E-state index is 14.3. The van der Waals surface area contributed by atoms with Gasteiger partial charge in [-0.05, 0) is 37.3 Å². The molecule has 0 atom stereocenters. The fourth-order valence-corrected chi connectivity index (χ4v) is 3.70. The molecule has 0 bridgehead atoms. The van der Waals surface area contributed by atoms with Gasteiger partial charge >= 0.3 is 0 Å². The summed E-state index contributed by atoms with van der Waals surface area (Å²) in [6, 6.07) is 8.57. The highest BCUT2D eigenvalue weighted by Crippen LogP contribution is 2.22. The fourth-order valence-electron chi connectivity index (χ4n) is 2.61. The van der Waals surface area contributed by atoms with E-state index in [1.807, 2.05) is 6.92 Å². The highest BCUT2D eigenvalue weighted by Gasteiger charge is 2.14. The molecular formula is C19H18F2N2O3S. The number of fused-ring (bicyclic) bond motifs is 1. The zero-order valence-electron chi connectivity index (χ0n) is 14.9. The van der Waals surface area contributed by atoms with Crippen LogP contribution >= 0.6 is 11.3 Å². The predicted octanol–water partition coefficient (Wildman–Crippen LogP) is 3.77. The number of rotatable bonds is 6. The topological polar surface area (TPSA) is 52.8 Å². The van der Waals surface area contributed by atoms with E-state index in [0.29, 0.717) is 35.8 Å². The molecule has 142 valence electrons. The number of carbonyl (C=O) groups is 1. The third kappa shape index (κ3) is 4.23. The Morgan fingerprint density at radius 1 is 1.22 bits per heavy atom. The molecule has 0 N–H and O–H groups in total. The van der Waals surface area contributed by atoms with E-state index < -0.39 is 17.5 Å². The molecule has 3 rings (SSSR count). The van der Waals surface area contributed by atoms with Crippen molar-refractivity contribution in [3.63, 3.8) is 0 Å². The summed E-state index contributed by atoms with van der Waals surface area (Å²) in [5, 5.41) is 0. The number of nitrogens with zero attached hydrogens (tertiary/aromatic N) is 2. The number of halogens is 2. The number of amides is 1. The van der Waals surface area contributed by atoms with Gasteiger partial charge in [0.05, 0.1) is 23.9 Å². The molecule has 1 amide bonds. The molecule has 0 saturated carbocycles. The minimum atomic E-state index is -0.698. The quantitative estimate of drug-likeness (QED) is 0.600. The number of hydrogen-bond donors (Lipinski definition) is 0. The molecule has 0 fully saturated rings. The van der Waals surface area contributed by atoms with Crippen molar-refractivity contribution in [1.29, 1.82) is 0 Å². The smallest absolute Gasteiger partial charge is 0.279 e. The van der Waals surface area contributed by atoms with Gasteiger partial charge < -0.3 is 14.0 Å². The Morgan fingerprint density at radius 3 is 2.63 bits per heavy atom. The number of ether oxygens (including phenoxy) is 2. The van der Waals surface area contributed by atoms with Crippen LogP contribution in [0.5, 0.6) is 5.75 Å². The van der Waals surface area contributed by atoms with Gasteiger partial charge in [0.15, 0.2) is 10.6 Å². The first-order valence-electron chi connectivity index (χ1n) is 8.32. The number of benzene rings is 2. The van der Waals surface area contributed by atoms with Crippen LogP contribution in [0.3, 0.4) is 0 Å². The average Bonchev–Trinajstić information content (AvgIpc) is 2.99. The van der Waals surface area contributed by atoms with Crippen molar-refractivity contribution in [3.8, 4) is 5.75 Å². The highest BCUT2D eigenvalue weighted by molar-refractivity contribution is 7.16. The van der Waals surface area contributed by atoms with Crippen molar-refractivity contribution in [2.24, 2.45) is 4.99 Å². The summed E-state index contributed by atoms with van der Waals surface area (Å²) in [5.74, 6) is -1.23. The molecule has 2 aromatic carbocycles. The van der Waals surface area contributed by atoms with E-state index in [9.17, 15) is 13.6 Å². The van der Waals surface area contributed by atoms with E-state index in [-0.39, 0.29) is 10.3 Å². The van der Waals surface area contributed by atoms with Gasteiger partial charge in [0.2, 0.25) is 0 Å². The normalized spacial score (nSPS) is 11.9. The van der Waals surface area contributed by atoms with Crippen LogP contribution in [0.2, 0.25) is 0 Å². The Labute approximate surface area is 158 Å². The average molecular weight is 392 g/mol. The van der Waals surface area contributed by atoms with Crippen LogP contribution in [0.1, 0.15) is 17.3 Å². The predicted molar refractivity (Wildman–Crippen MR) is 99.1 cm³/mol. The third-order valence-corrected chi connectivity index (χ3v) is 4.92. The van der Waals surface area contributed by atoms with Crippen molar-refractivity contribution in [2.45, 2.75) is 13.5 Å². The van der Waals surface area contributed by atoms with E-state index in [1.165, 1.54) is 13.2 Å². The number of aromatic nitrogens is 1. The summed E-state index contributed by atoms with van der Waals surface area (Å²) >= 11 is 1.06.